The highest BCUT2D eigenvalue weighted by Crippen LogP contribution is 2.24. The average molecular weight is 452 g/mol. The van der Waals surface area contributed by atoms with E-state index in [2.05, 4.69) is 5.32 Å². The lowest BCUT2D eigenvalue weighted by atomic mass is 10.1. The molecule has 0 radical (unpaired) electrons. The quantitative estimate of drug-likeness (QED) is 0.546. The van der Waals surface area contributed by atoms with Crippen molar-refractivity contribution in [3.63, 3.8) is 0 Å². The van der Waals surface area contributed by atoms with E-state index in [-0.39, 0.29) is 35.0 Å². The number of morpholine rings is 1. The van der Waals surface area contributed by atoms with Crippen LogP contribution in [0.4, 0.5) is 5.82 Å². The second kappa shape index (κ2) is 9.73. The number of fused-ring (bicyclic) bond motifs is 1. The van der Waals surface area contributed by atoms with Crippen molar-refractivity contribution < 1.29 is 14.3 Å². The summed E-state index contributed by atoms with van der Waals surface area (Å²) in [7, 11) is 0. The molecule has 0 saturated carbocycles. The van der Waals surface area contributed by atoms with E-state index < -0.39 is 5.91 Å². The van der Waals surface area contributed by atoms with Crippen LogP contribution in [0.15, 0.2) is 28.7 Å². The molecule has 4 heterocycles. The average Bonchev–Trinajstić information content (AvgIpc) is 3.30. The zero-order valence-electron chi connectivity index (χ0n) is 19.2. The van der Waals surface area contributed by atoms with Gasteiger partial charge in [0.25, 0.3) is 11.5 Å². The molecule has 0 spiro atoms. The van der Waals surface area contributed by atoms with Crippen LogP contribution in [-0.2, 0) is 14.3 Å². The fourth-order valence-electron chi connectivity index (χ4n) is 4.42. The van der Waals surface area contributed by atoms with Crippen LogP contribution in [0.25, 0.3) is 11.7 Å². The summed E-state index contributed by atoms with van der Waals surface area (Å²) in [5.74, 6) is -0.0765. The Labute approximate surface area is 192 Å². The van der Waals surface area contributed by atoms with E-state index in [9.17, 15) is 14.9 Å². The van der Waals surface area contributed by atoms with Crippen molar-refractivity contribution in [2.45, 2.75) is 51.9 Å². The normalized spacial score (nSPS) is 23.5. The van der Waals surface area contributed by atoms with Crippen molar-refractivity contribution in [3.8, 4) is 6.07 Å². The molecular formula is C24H29N5O4. The number of rotatable bonds is 5. The molecule has 33 heavy (non-hydrogen) atoms. The van der Waals surface area contributed by atoms with Crippen LogP contribution in [0.5, 0.6) is 0 Å². The van der Waals surface area contributed by atoms with Gasteiger partial charge in [0, 0.05) is 32.4 Å². The molecule has 0 aromatic carbocycles. The number of nitriles is 1. The Morgan fingerprint density at radius 2 is 2.12 bits per heavy atom. The maximum absolute atomic E-state index is 13.5. The second-order valence-electron chi connectivity index (χ2n) is 8.72. The van der Waals surface area contributed by atoms with Crippen molar-refractivity contribution in [1.82, 2.24) is 14.7 Å². The van der Waals surface area contributed by atoms with E-state index in [1.54, 1.807) is 12.3 Å². The van der Waals surface area contributed by atoms with Gasteiger partial charge in [-0.05, 0) is 51.3 Å². The maximum atomic E-state index is 13.5. The maximum Gasteiger partial charge on any atom is 0.267 e. The number of nitrogens with zero attached hydrogens (tertiary/aromatic N) is 4. The molecule has 2 fully saturated rings. The molecule has 174 valence electrons. The lowest BCUT2D eigenvalue weighted by Gasteiger charge is -2.36. The number of nitrogens with one attached hydrogen (secondary N) is 1. The Morgan fingerprint density at radius 3 is 2.79 bits per heavy atom. The first-order valence-corrected chi connectivity index (χ1v) is 11.3. The smallest absolute Gasteiger partial charge is 0.267 e. The monoisotopic (exact) mass is 451 g/mol. The first-order chi connectivity index (χ1) is 15.9. The first-order valence-electron chi connectivity index (χ1n) is 11.3. The lowest BCUT2D eigenvalue weighted by Crippen LogP contribution is -2.46. The van der Waals surface area contributed by atoms with Gasteiger partial charge in [-0.25, -0.2) is 4.98 Å². The predicted octanol–water partition coefficient (Wildman–Crippen LogP) is 1.82. The molecule has 0 unspecified atom stereocenters. The number of ether oxygens (including phenoxy) is 2. The van der Waals surface area contributed by atoms with Crippen molar-refractivity contribution >= 4 is 23.4 Å². The number of pyridine rings is 1. The van der Waals surface area contributed by atoms with Gasteiger partial charge in [0.1, 0.15) is 23.1 Å². The molecule has 2 saturated heterocycles. The van der Waals surface area contributed by atoms with Crippen LogP contribution in [0, 0.1) is 18.3 Å². The molecule has 2 aliphatic heterocycles. The number of hydrogen-bond acceptors (Lipinski definition) is 7. The summed E-state index contributed by atoms with van der Waals surface area (Å²) in [6.45, 7) is 7.94. The van der Waals surface area contributed by atoms with Crippen LogP contribution in [-0.4, -0.2) is 59.8 Å². The molecule has 9 heteroatoms. The van der Waals surface area contributed by atoms with Gasteiger partial charge < -0.3 is 19.7 Å². The number of hydrogen-bond donors (Lipinski definition) is 1. The number of carbonyl (C=O) groups excluding carboxylic acids is 1. The summed E-state index contributed by atoms with van der Waals surface area (Å²) in [5.41, 5.74) is 1.14. The molecule has 2 aromatic rings. The largest absolute Gasteiger partial charge is 0.376 e. The summed E-state index contributed by atoms with van der Waals surface area (Å²) in [5, 5.41) is 12.5. The van der Waals surface area contributed by atoms with Gasteiger partial charge in [0.2, 0.25) is 0 Å². The predicted molar refractivity (Wildman–Crippen MR) is 124 cm³/mol. The number of anilines is 1. The number of aryl methyl sites for hydroxylation is 1. The molecule has 2 aliphatic rings. The van der Waals surface area contributed by atoms with Crippen LogP contribution >= 0.6 is 0 Å². The lowest BCUT2D eigenvalue weighted by molar-refractivity contribution is -0.117. The summed E-state index contributed by atoms with van der Waals surface area (Å²) in [6, 6.07) is 5.62. The van der Waals surface area contributed by atoms with Gasteiger partial charge in [-0.15, -0.1) is 0 Å². The van der Waals surface area contributed by atoms with Crippen LogP contribution in [0.2, 0.25) is 0 Å². The van der Waals surface area contributed by atoms with Gasteiger partial charge in [0.15, 0.2) is 0 Å². The van der Waals surface area contributed by atoms with Crippen LogP contribution < -0.4 is 15.8 Å². The minimum atomic E-state index is -0.531. The zero-order chi connectivity index (χ0) is 23.5. The second-order valence-corrected chi connectivity index (χ2v) is 8.72. The van der Waals surface area contributed by atoms with E-state index >= 15 is 0 Å². The Hall–Kier alpha value is -3.22. The first kappa shape index (κ1) is 23.0. The van der Waals surface area contributed by atoms with Crippen molar-refractivity contribution in [3.05, 3.63) is 45.4 Å². The third kappa shape index (κ3) is 4.92. The summed E-state index contributed by atoms with van der Waals surface area (Å²) < 4.78 is 12.8. The zero-order valence-corrected chi connectivity index (χ0v) is 19.2. The van der Waals surface area contributed by atoms with Crippen molar-refractivity contribution in [2.24, 2.45) is 0 Å². The third-order valence-electron chi connectivity index (χ3n) is 5.95. The number of amides is 1. The fourth-order valence-corrected chi connectivity index (χ4v) is 4.42. The topological polar surface area (TPSA) is 109 Å². The Balaban J connectivity index is 1.77. The molecular weight excluding hydrogens is 422 g/mol. The van der Waals surface area contributed by atoms with E-state index in [1.807, 2.05) is 37.8 Å². The van der Waals surface area contributed by atoms with E-state index in [0.717, 1.165) is 18.4 Å². The van der Waals surface area contributed by atoms with E-state index in [1.165, 1.54) is 10.5 Å². The molecule has 4 rings (SSSR count). The van der Waals surface area contributed by atoms with Gasteiger partial charge in [-0.1, -0.05) is 6.07 Å². The minimum absolute atomic E-state index is 0.0447. The van der Waals surface area contributed by atoms with E-state index in [4.69, 9.17) is 14.5 Å². The highest BCUT2D eigenvalue weighted by atomic mass is 16.5. The summed E-state index contributed by atoms with van der Waals surface area (Å²) in [4.78, 5) is 33.1. The SMILES string of the molecule is Cc1cccn2c(=O)c(/C=C(\C#N)C(=O)NC[C@H]3CCCO3)c(N3C[C@H](C)O[C@@H](C)C3)nc12. The van der Waals surface area contributed by atoms with Crippen molar-refractivity contribution in [2.75, 3.05) is 31.1 Å². The highest BCUT2D eigenvalue weighted by Gasteiger charge is 2.27. The highest BCUT2D eigenvalue weighted by molar-refractivity contribution is 6.02. The molecule has 9 nitrogen and oxygen atoms in total. The summed E-state index contributed by atoms with van der Waals surface area (Å²) >= 11 is 0. The van der Waals surface area contributed by atoms with Gasteiger partial charge in [-0.2, -0.15) is 5.26 Å². The molecule has 0 aliphatic carbocycles. The Kier molecular flexibility index (Phi) is 6.77. The molecule has 1 N–H and O–H groups in total. The molecule has 0 bridgehead atoms. The van der Waals surface area contributed by atoms with Gasteiger partial charge in [-0.3, -0.25) is 14.0 Å². The molecule has 1 amide bonds. The third-order valence-corrected chi connectivity index (χ3v) is 5.95. The van der Waals surface area contributed by atoms with Gasteiger partial charge >= 0.3 is 0 Å². The standard InChI is InChI=1S/C24H29N5O4/c1-15-6-4-8-29-21(15)27-22(28-13-16(2)33-17(3)14-28)20(24(29)31)10-18(11-25)23(30)26-12-19-7-5-9-32-19/h4,6,8,10,16-17,19H,5,7,9,12-14H2,1-3H3,(H,26,30)/b18-10+/t16-,17-,19+/m0/s1. The number of aromatic nitrogens is 2. The molecule has 3 atom stereocenters. The molecule has 2 aromatic heterocycles. The van der Waals surface area contributed by atoms with Crippen molar-refractivity contribution in [1.29, 1.82) is 5.26 Å². The van der Waals surface area contributed by atoms with Gasteiger partial charge in [0.05, 0.1) is 23.9 Å². The van der Waals surface area contributed by atoms with E-state index in [0.29, 0.717) is 37.7 Å². The Morgan fingerprint density at radius 1 is 1.36 bits per heavy atom. The Bertz CT molecular complexity index is 1170. The summed E-state index contributed by atoms with van der Waals surface area (Å²) in [6.07, 6.45) is 4.69. The fraction of sp³-hybridized carbons (Fsp3) is 0.500. The van der Waals surface area contributed by atoms with Crippen LogP contribution in [0.1, 0.15) is 37.8 Å². The number of carbonyl (C=O) groups is 1. The van der Waals surface area contributed by atoms with Crippen LogP contribution in [0.3, 0.4) is 0 Å². The minimum Gasteiger partial charge on any atom is -0.376 e.